The third-order valence-corrected chi connectivity index (χ3v) is 4.78. The van der Waals surface area contributed by atoms with Gasteiger partial charge in [0.25, 0.3) is 5.91 Å². The van der Waals surface area contributed by atoms with E-state index in [9.17, 15) is 9.90 Å². The number of carbonyl (C=O) groups excluding carboxylic acids is 1. The van der Waals surface area contributed by atoms with Gasteiger partial charge in [-0.15, -0.1) is 0 Å². The Hall–Kier alpha value is -2.91. The van der Waals surface area contributed by atoms with Gasteiger partial charge in [-0.1, -0.05) is 72.8 Å². The van der Waals surface area contributed by atoms with E-state index >= 15 is 0 Å². The molecule has 0 bridgehead atoms. The third-order valence-electron chi connectivity index (χ3n) is 4.78. The van der Waals surface area contributed by atoms with Gasteiger partial charge in [-0.25, -0.2) is 0 Å². The molecule has 3 heteroatoms. The molecule has 0 aromatic heterocycles. The van der Waals surface area contributed by atoms with Crippen LogP contribution in [0.3, 0.4) is 0 Å². The number of rotatable bonds is 8. The normalized spacial score (nSPS) is 11.7. The molecule has 0 aliphatic heterocycles. The highest BCUT2D eigenvalue weighted by atomic mass is 16.3. The second kappa shape index (κ2) is 9.70. The van der Waals surface area contributed by atoms with Gasteiger partial charge in [0.1, 0.15) is 0 Å². The molecule has 1 unspecified atom stereocenters. The van der Waals surface area contributed by atoms with E-state index in [2.05, 4.69) is 29.6 Å². The van der Waals surface area contributed by atoms with Crippen molar-refractivity contribution < 1.29 is 9.90 Å². The first-order chi connectivity index (χ1) is 13.3. The first-order valence-corrected chi connectivity index (χ1v) is 9.37. The van der Waals surface area contributed by atoms with E-state index in [1.54, 1.807) is 0 Å². The highest BCUT2D eigenvalue weighted by molar-refractivity contribution is 5.94. The Balaban J connectivity index is 1.55. The van der Waals surface area contributed by atoms with Crippen molar-refractivity contribution in [3.05, 3.63) is 96.1 Å². The minimum atomic E-state index is -0.0644. The highest BCUT2D eigenvalue weighted by Gasteiger charge is 2.12. The number of hydrogen-bond donors (Lipinski definition) is 2. The molecule has 3 nitrogen and oxygen atoms in total. The van der Waals surface area contributed by atoms with Crippen molar-refractivity contribution in [2.75, 3.05) is 13.2 Å². The van der Waals surface area contributed by atoms with Crippen LogP contribution >= 0.6 is 0 Å². The number of aliphatic hydroxyl groups excluding tert-OH is 1. The number of carbonyl (C=O) groups is 1. The molecule has 0 aliphatic carbocycles. The number of benzene rings is 3. The van der Waals surface area contributed by atoms with Gasteiger partial charge in [-0.3, -0.25) is 4.79 Å². The summed E-state index contributed by atoms with van der Waals surface area (Å²) in [6.07, 6.45) is 1.50. The molecule has 1 amide bonds. The Morgan fingerprint density at radius 3 is 2.00 bits per heavy atom. The maximum absolute atomic E-state index is 12.4. The Kier molecular flexibility index (Phi) is 6.78. The number of nitrogens with one attached hydrogen (secondary N) is 1. The van der Waals surface area contributed by atoms with Gasteiger partial charge in [0.2, 0.25) is 0 Å². The molecule has 3 aromatic carbocycles. The summed E-state index contributed by atoms with van der Waals surface area (Å²) in [6.45, 7) is 0.729. The predicted molar refractivity (Wildman–Crippen MR) is 110 cm³/mol. The lowest BCUT2D eigenvalue weighted by atomic mass is 9.93. The smallest absolute Gasteiger partial charge is 0.251 e. The number of hydrogen-bond acceptors (Lipinski definition) is 2. The molecule has 0 saturated carbocycles. The number of aliphatic hydroxyl groups is 1. The zero-order valence-electron chi connectivity index (χ0n) is 15.3. The number of amides is 1. The van der Waals surface area contributed by atoms with E-state index in [4.69, 9.17) is 0 Å². The molecule has 0 saturated heterocycles. The zero-order chi connectivity index (χ0) is 18.9. The van der Waals surface area contributed by atoms with Crippen molar-refractivity contribution in [1.82, 2.24) is 5.32 Å². The molecule has 3 aromatic rings. The summed E-state index contributed by atoms with van der Waals surface area (Å²) in [5, 5.41) is 12.3. The van der Waals surface area contributed by atoms with E-state index in [0.717, 1.165) is 17.5 Å². The van der Waals surface area contributed by atoms with Crippen molar-refractivity contribution in [2.24, 2.45) is 0 Å². The lowest BCUT2D eigenvalue weighted by Gasteiger charge is -2.16. The summed E-state index contributed by atoms with van der Waals surface area (Å²) in [5.41, 5.74) is 4.10. The van der Waals surface area contributed by atoms with Gasteiger partial charge >= 0.3 is 0 Å². The molecule has 0 fully saturated rings. The summed E-state index contributed by atoms with van der Waals surface area (Å²) in [6, 6.07) is 27.9. The Labute approximate surface area is 160 Å². The second-order valence-corrected chi connectivity index (χ2v) is 6.61. The summed E-state index contributed by atoms with van der Waals surface area (Å²) >= 11 is 0. The van der Waals surface area contributed by atoms with Crippen LogP contribution in [0, 0.1) is 0 Å². The molecule has 0 aliphatic rings. The van der Waals surface area contributed by atoms with Gasteiger partial charge in [0, 0.05) is 18.7 Å². The van der Waals surface area contributed by atoms with E-state index < -0.39 is 0 Å². The lowest BCUT2D eigenvalue weighted by Crippen LogP contribution is -2.25. The van der Waals surface area contributed by atoms with Crippen molar-refractivity contribution in [1.29, 1.82) is 0 Å². The predicted octanol–water partition coefficient (Wildman–Crippen LogP) is 4.64. The summed E-state index contributed by atoms with van der Waals surface area (Å²) < 4.78 is 0. The van der Waals surface area contributed by atoms with E-state index in [-0.39, 0.29) is 18.4 Å². The maximum atomic E-state index is 12.4. The SMILES string of the molecule is O=C(NCCC(CCO)c1ccccc1)c1ccc(-c2ccccc2)cc1. The average Bonchev–Trinajstić information content (AvgIpc) is 2.74. The van der Waals surface area contributed by atoms with Gasteiger partial charge < -0.3 is 10.4 Å². The minimum absolute atomic E-state index is 0.0644. The Bertz CT molecular complexity index is 829. The van der Waals surface area contributed by atoms with E-state index in [1.165, 1.54) is 5.56 Å². The fourth-order valence-electron chi connectivity index (χ4n) is 3.27. The van der Waals surface area contributed by atoms with Crippen LogP contribution in [0.4, 0.5) is 0 Å². The highest BCUT2D eigenvalue weighted by Crippen LogP contribution is 2.23. The largest absolute Gasteiger partial charge is 0.396 e. The van der Waals surface area contributed by atoms with Crippen LogP contribution in [-0.2, 0) is 0 Å². The first-order valence-electron chi connectivity index (χ1n) is 9.37. The summed E-state index contributed by atoms with van der Waals surface area (Å²) in [4.78, 5) is 12.4. The van der Waals surface area contributed by atoms with Crippen LogP contribution < -0.4 is 5.32 Å². The average molecular weight is 359 g/mol. The maximum Gasteiger partial charge on any atom is 0.251 e. The van der Waals surface area contributed by atoms with Crippen LogP contribution in [0.1, 0.15) is 34.7 Å². The van der Waals surface area contributed by atoms with Crippen molar-refractivity contribution >= 4 is 5.91 Å². The van der Waals surface area contributed by atoms with Crippen LogP contribution in [0.5, 0.6) is 0 Å². The van der Waals surface area contributed by atoms with Crippen LogP contribution in [0.15, 0.2) is 84.9 Å². The molecule has 2 N–H and O–H groups in total. The fourth-order valence-corrected chi connectivity index (χ4v) is 3.27. The molecular formula is C24H25NO2. The van der Waals surface area contributed by atoms with Crippen molar-refractivity contribution in [3.63, 3.8) is 0 Å². The summed E-state index contributed by atoms with van der Waals surface area (Å²) in [7, 11) is 0. The lowest BCUT2D eigenvalue weighted by molar-refractivity contribution is 0.0952. The van der Waals surface area contributed by atoms with E-state index in [1.807, 2.05) is 60.7 Å². The molecule has 138 valence electrons. The Morgan fingerprint density at radius 2 is 1.37 bits per heavy atom. The van der Waals surface area contributed by atoms with Gasteiger partial charge in [0.15, 0.2) is 0 Å². The topological polar surface area (TPSA) is 49.3 Å². The monoisotopic (exact) mass is 359 g/mol. The van der Waals surface area contributed by atoms with Crippen LogP contribution in [0.25, 0.3) is 11.1 Å². The molecular weight excluding hydrogens is 334 g/mol. The molecule has 1 atom stereocenters. The quantitative estimate of drug-likeness (QED) is 0.615. The van der Waals surface area contributed by atoms with Crippen molar-refractivity contribution in [2.45, 2.75) is 18.8 Å². The third kappa shape index (κ3) is 5.28. The van der Waals surface area contributed by atoms with Crippen LogP contribution in [-0.4, -0.2) is 24.2 Å². The first kappa shape index (κ1) is 18.9. The molecule has 0 spiro atoms. The molecule has 3 rings (SSSR count). The van der Waals surface area contributed by atoms with Gasteiger partial charge in [-0.05, 0) is 47.6 Å². The van der Waals surface area contributed by atoms with Crippen LogP contribution in [0.2, 0.25) is 0 Å². The van der Waals surface area contributed by atoms with Crippen molar-refractivity contribution in [3.8, 4) is 11.1 Å². The molecule has 0 radical (unpaired) electrons. The molecule has 27 heavy (non-hydrogen) atoms. The van der Waals surface area contributed by atoms with Gasteiger partial charge in [-0.2, -0.15) is 0 Å². The van der Waals surface area contributed by atoms with Gasteiger partial charge in [0.05, 0.1) is 0 Å². The molecule has 0 heterocycles. The minimum Gasteiger partial charge on any atom is -0.396 e. The van der Waals surface area contributed by atoms with E-state index in [0.29, 0.717) is 18.5 Å². The standard InChI is InChI=1S/C24H25NO2/c26-18-16-22(20-9-5-2-6-10-20)15-17-25-24(27)23-13-11-21(12-14-23)19-7-3-1-4-8-19/h1-14,22,26H,15-18H2,(H,25,27). The zero-order valence-corrected chi connectivity index (χ0v) is 15.3. The Morgan fingerprint density at radius 1 is 0.778 bits per heavy atom. The fraction of sp³-hybridized carbons (Fsp3) is 0.208. The summed E-state index contributed by atoms with van der Waals surface area (Å²) in [5.74, 6) is 0.183. The second-order valence-electron chi connectivity index (χ2n) is 6.61.